The van der Waals surface area contributed by atoms with Crippen molar-refractivity contribution in [1.29, 1.82) is 0 Å². The quantitative estimate of drug-likeness (QED) is 0.302. The van der Waals surface area contributed by atoms with Crippen LogP contribution in [0.2, 0.25) is 0 Å². The zero-order valence-corrected chi connectivity index (χ0v) is 17.5. The number of nitrogens with zero attached hydrogens (tertiary/aromatic N) is 2. The third kappa shape index (κ3) is 11.8. The van der Waals surface area contributed by atoms with Crippen LogP contribution < -0.4 is 16.0 Å². The Morgan fingerprint density at radius 1 is 1.12 bits per heavy atom. The number of aliphatic imine (C=N–C) groups is 1. The molecule has 0 aliphatic heterocycles. The number of nitrogens with one attached hydrogen (secondary N) is 3. The molecule has 0 heterocycles. The van der Waals surface area contributed by atoms with E-state index in [0.717, 1.165) is 38.6 Å². The molecule has 25 heavy (non-hydrogen) atoms. The number of hydrogen-bond acceptors (Lipinski definition) is 3. The van der Waals surface area contributed by atoms with E-state index >= 15 is 0 Å². The molecule has 6 nitrogen and oxygen atoms in total. The second kappa shape index (κ2) is 13.0. The Hall–Kier alpha value is -1.30. The van der Waals surface area contributed by atoms with E-state index in [4.69, 9.17) is 0 Å². The summed E-state index contributed by atoms with van der Waals surface area (Å²) in [5.41, 5.74) is -0.355. The maximum absolute atomic E-state index is 11.8. The van der Waals surface area contributed by atoms with Gasteiger partial charge in [0.1, 0.15) is 0 Å². The summed E-state index contributed by atoms with van der Waals surface area (Å²) < 4.78 is 0. The molecule has 0 aromatic heterocycles. The fraction of sp³-hybridized carbons (Fsp3) is 0.895. The lowest BCUT2D eigenvalue weighted by molar-refractivity contribution is -0.128. The van der Waals surface area contributed by atoms with Gasteiger partial charge < -0.3 is 20.9 Å². The van der Waals surface area contributed by atoms with Gasteiger partial charge >= 0.3 is 0 Å². The average Bonchev–Trinajstić information content (AvgIpc) is 2.54. The number of carbonyl (C=O) groups is 1. The standard InChI is InChI=1S/C19H41N5O/c1-8-20-18(22-14-13-21-17(25)19(5,6)7)23-16(4)12-11-15-24(9-2)10-3/h16H,8-15H2,1-7H3,(H,21,25)(H2,20,22,23). The van der Waals surface area contributed by atoms with Gasteiger partial charge in [0.15, 0.2) is 5.96 Å². The molecule has 0 spiro atoms. The van der Waals surface area contributed by atoms with Gasteiger partial charge in [-0.15, -0.1) is 0 Å². The Balaban J connectivity index is 4.23. The van der Waals surface area contributed by atoms with Crippen LogP contribution in [-0.2, 0) is 4.79 Å². The Kier molecular flexibility index (Phi) is 12.3. The fourth-order valence-electron chi connectivity index (χ4n) is 2.39. The van der Waals surface area contributed by atoms with E-state index in [1.54, 1.807) is 0 Å². The molecule has 0 aliphatic rings. The number of rotatable bonds is 11. The van der Waals surface area contributed by atoms with Crippen molar-refractivity contribution in [2.75, 3.05) is 39.3 Å². The number of hydrogen-bond donors (Lipinski definition) is 3. The minimum Gasteiger partial charge on any atom is -0.357 e. The highest BCUT2D eigenvalue weighted by atomic mass is 16.2. The smallest absolute Gasteiger partial charge is 0.225 e. The largest absolute Gasteiger partial charge is 0.357 e. The van der Waals surface area contributed by atoms with E-state index in [1.165, 1.54) is 6.42 Å². The topological polar surface area (TPSA) is 68.8 Å². The summed E-state index contributed by atoms with van der Waals surface area (Å²) in [4.78, 5) is 18.8. The van der Waals surface area contributed by atoms with Gasteiger partial charge in [0.2, 0.25) is 5.91 Å². The molecule has 0 saturated heterocycles. The molecule has 0 aliphatic carbocycles. The number of guanidine groups is 1. The first-order chi connectivity index (χ1) is 11.7. The summed E-state index contributed by atoms with van der Waals surface area (Å²) in [5.74, 6) is 0.883. The zero-order chi connectivity index (χ0) is 19.3. The van der Waals surface area contributed by atoms with E-state index in [1.807, 2.05) is 20.8 Å². The normalized spacial score (nSPS) is 13.7. The van der Waals surface area contributed by atoms with Gasteiger partial charge in [0.05, 0.1) is 6.54 Å². The summed E-state index contributed by atoms with van der Waals surface area (Å²) in [6.45, 7) is 19.7. The summed E-state index contributed by atoms with van der Waals surface area (Å²) in [6, 6.07) is 0.373. The Morgan fingerprint density at radius 2 is 1.76 bits per heavy atom. The SMILES string of the molecule is CCNC(=NCCNC(=O)C(C)(C)C)NC(C)CCCN(CC)CC. The Bertz CT molecular complexity index is 386. The molecular weight excluding hydrogens is 314 g/mol. The lowest BCUT2D eigenvalue weighted by Gasteiger charge is -2.21. The van der Waals surface area contributed by atoms with Crippen molar-refractivity contribution in [2.45, 2.75) is 67.3 Å². The Morgan fingerprint density at radius 3 is 2.28 bits per heavy atom. The van der Waals surface area contributed by atoms with Gasteiger partial charge in [-0.1, -0.05) is 34.6 Å². The molecule has 0 aromatic rings. The Labute approximate surface area is 155 Å². The van der Waals surface area contributed by atoms with Crippen LogP contribution >= 0.6 is 0 Å². The van der Waals surface area contributed by atoms with Crippen molar-refractivity contribution in [2.24, 2.45) is 10.4 Å². The van der Waals surface area contributed by atoms with Gasteiger partial charge in [-0.05, 0) is 46.3 Å². The molecule has 0 bridgehead atoms. The summed E-state index contributed by atoms with van der Waals surface area (Å²) in [6.07, 6.45) is 2.29. The van der Waals surface area contributed by atoms with Crippen molar-refractivity contribution >= 4 is 11.9 Å². The first-order valence-electron chi connectivity index (χ1n) is 9.80. The first-order valence-corrected chi connectivity index (χ1v) is 9.80. The van der Waals surface area contributed by atoms with E-state index < -0.39 is 0 Å². The van der Waals surface area contributed by atoms with Gasteiger partial charge in [-0.25, -0.2) is 0 Å². The van der Waals surface area contributed by atoms with E-state index in [9.17, 15) is 4.79 Å². The van der Waals surface area contributed by atoms with Crippen molar-refractivity contribution in [3.05, 3.63) is 0 Å². The monoisotopic (exact) mass is 355 g/mol. The maximum atomic E-state index is 11.8. The fourth-order valence-corrected chi connectivity index (χ4v) is 2.39. The molecule has 0 fully saturated rings. The van der Waals surface area contributed by atoms with Crippen LogP contribution in [0.25, 0.3) is 0 Å². The van der Waals surface area contributed by atoms with Crippen LogP contribution in [0.5, 0.6) is 0 Å². The van der Waals surface area contributed by atoms with E-state index in [0.29, 0.717) is 19.1 Å². The highest BCUT2D eigenvalue weighted by Gasteiger charge is 2.20. The summed E-state index contributed by atoms with van der Waals surface area (Å²) in [5, 5.41) is 9.65. The van der Waals surface area contributed by atoms with Gasteiger partial charge in [0, 0.05) is 24.5 Å². The second-order valence-electron chi connectivity index (χ2n) is 7.48. The molecule has 0 aromatic carbocycles. The van der Waals surface area contributed by atoms with Crippen LogP contribution in [0, 0.1) is 5.41 Å². The molecule has 0 saturated carbocycles. The highest BCUT2D eigenvalue weighted by Crippen LogP contribution is 2.11. The molecule has 148 valence electrons. The third-order valence-corrected chi connectivity index (χ3v) is 4.08. The predicted molar refractivity (Wildman–Crippen MR) is 108 cm³/mol. The summed E-state index contributed by atoms with van der Waals surface area (Å²) in [7, 11) is 0. The van der Waals surface area contributed by atoms with Gasteiger partial charge in [-0.2, -0.15) is 0 Å². The van der Waals surface area contributed by atoms with Crippen molar-refractivity contribution in [3.63, 3.8) is 0 Å². The highest BCUT2D eigenvalue weighted by molar-refractivity contribution is 5.81. The molecule has 1 amide bonds. The lowest BCUT2D eigenvalue weighted by Crippen LogP contribution is -2.43. The number of carbonyl (C=O) groups excluding carboxylic acids is 1. The van der Waals surface area contributed by atoms with Crippen LogP contribution in [0.4, 0.5) is 0 Å². The third-order valence-electron chi connectivity index (χ3n) is 4.08. The average molecular weight is 356 g/mol. The van der Waals surface area contributed by atoms with Crippen LogP contribution in [0.15, 0.2) is 4.99 Å². The molecule has 3 N–H and O–H groups in total. The molecule has 1 atom stereocenters. The van der Waals surface area contributed by atoms with Crippen LogP contribution in [-0.4, -0.2) is 62.1 Å². The minimum atomic E-state index is -0.355. The van der Waals surface area contributed by atoms with Crippen molar-refractivity contribution in [1.82, 2.24) is 20.9 Å². The first kappa shape index (κ1) is 23.7. The second-order valence-corrected chi connectivity index (χ2v) is 7.48. The van der Waals surface area contributed by atoms with Gasteiger partial charge in [-0.3, -0.25) is 9.79 Å². The van der Waals surface area contributed by atoms with Crippen LogP contribution in [0.1, 0.15) is 61.3 Å². The molecule has 0 radical (unpaired) electrons. The zero-order valence-electron chi connectivity index (χ0n) is 17.5. The molecule has 6 heteroatoms. The van der Waals surface area contributed by atoms with Crippen molar-refractivity contribution < 1.29 is 4.79 Å². The van der Waals surface area contributed by atoms with Crippen LogP contribution in [0.3, 0.4) is 0 Å². The predicted octanol–water partition coefficient (Wildman–Crippen LogP) is 2.21. The number of amides is 1. The maximum Gasteiger partial charge on any atom is 0.225 e. The molecular formula is C19H41N5O. The molecule has 1 unspecified atom stereocenters. The van der Waals surface area contributed by atoms with E-state index in [2.05, 4.69) is 53.5 Å². The molecule has 0 rings (SSSR count). The summed E-state index contributed by atoms with van der Waals surface area (Å²) >= 11 is 0. The van der Waals surface area contributed by atoms with Crippen molar-refractivity contribution in [3.8, 4) is 0 Å². The minimum absolute atomic E-state index is 0.0606. The van der Waals surface area contributed by atoms with E-state index in [-0.39, 0.29) is 11.3 Å². The lowest BCUT2D eigenvalue weighted by atomic mass is 9.96. The van der Waals surface area contributed by atoms with Gasteiger partial charge in [0.25, 0.3) is 0 Å².